The average molecular weight is 323 g/mol. The van der Waals surface area contributed by atoms with Gasteiger partial charge in [-0.15, -0.1) is 0 Å². The van der Waals surface area contributed by atoms with Gasteiger partial charge in [0, 0.05) is 18.8 Å². The van der Waals surface area contributed by atoms with Crippen molar-refractivity contribution in [1.29, 1.82) is 0 Å². The molecule has 124 valence electrons. The molecule has 2 aromatic heterocycles. The minimum atomic E-state index is 0.0368. The molecule has 1 N–H and O–H groups in total. The van der Waals surface area contributed by atoms with E-state index in [0.717, 1.165) is 55.9 Å². The monoisotopic (exact) mass is 323 g/mol. The highest BCUT2D eigenvalue weighted by Gasteiger charge is 2.20. The molecule has 0 bridgehead atoms. The second-order valence-electron chi connectivity index (χ2n) is 6.49. The van der Waals surface area contributed by atoms with Gasteiger partial charge >= 0.3 is 0 Å². The first-order valence-corrected chi connectivity index (χ1v) is 8.44. The first-order valence-electron chi connectivity index (χ1n) is 8.44. The number of aromatic nitrogens is 4. The number of likely N-dealkylation sites (tertiary alicyclic amines) is 1. The van der Waals surface area contributed by atoms with Gasteiger partial charge in [0.1, 0.15) is 5.82 Å². The quantitative estimate of drug-likeness (QED) is 0.798. The highest BCUT2D eigenvalue weighted by Crippen LogP contribution is 2.20. The number of nitrogens with one attached hydrogen (secondary N) is 1. The zero-order valence-corrected chi connectivity index (χ0v) is 13.6. The molecule has 0 amide bonds. The molecule has 1 aromatic carbocycles. The van der Waals surface area contributed by atoms with Crippen molar-refractivity contribution in [3.63, 3.8) is 0 Å². The van der Waals surface area contributed by atoms with Crippen molar-refractivity contribution in [3.8, 4) is 0 Å². The van der Waals surface area contributed by atoms with Gasteiger partial charge in [0.2, 0.25) is 0 Å². The summed E-state index contributed by atoms with van der Waals surface area (Å²) in [6.45, 7) is 3.70. The number of para-hydroxylation sites is 2. The zero-order valence-electron chi connectivity index (χ0n) is 13.6. The van der Waals surface area contributed by atoms with Crippen LogP contribution in [0.25, 0.3) is 11.0 Å². The topological polar surface area (TPSA) is 66.8 Å². The van der Waals surface area contributed by atoms with Crippen LogP contribution in [-0.4, -0.2) is 37.5 Å². The number of nitrogens with zero attached hydrogens (tertiary/aromatic N) is 4. The Morgan fingerprint density at radius 1 is 1.17 bits per heavy atom. The Morgan fingerprint density at radius 2 is 2.00 bits per heavy atom. The van der Waals surface area contributed by atoms with Crippen molar-refractivity contribution in [2.45, 2.75) is 25.9 Å². The maximum absolute atomic E-state index is 11.8. The molecule has 1 aliphatic rings. The van der Waals surface area contributed by atoms with Crippen LogP contribution in [0.5, 0.6) is 0 Å². The second kappa shape index (κ2) is 6.57. The van der Waals surface area contributed by atoms with E-state index >= 15 is 0 Å². The summed E-state index contributed by atoms with van der Waals surface area (Å²) in [7, 11) is 0. The lowest BCUT2D eigenvalue weighted by Gasteiger charge is -2.31. The number of imidazole rings is 1. The number of aromatic amines is 1. The van der Waals surface area contributed by atoms with Gasteiger partial charge in [0.05, 0.1) is 23.9 Å². The Labute approximate surface area is 140 Å². The van der Waals surface area contributed by atoms with Crippen molar-refractivity contribution in [2.75, 3.05) is 13.1 Å². The fraction of sp³-hybridized carbons (Fsp3) is 0.389. The Kier molecular flexibility index (Phi) is 4.13. The van der Waals surface area contributed by atoms with Gasteiger partial charge in [-0.25, -0.2) is 9.97 Å². The van der Waals surface area contributed by atoms with Crippen molar-refractivity contribution >= 4 is 11.0 Å². The lowest BCUT2D eigenvalue weighted by Crippen LogP contribution is -2.36. The Hall–Kier alpha value is -2.47. The molecule has 0 spiro atoms. The van der Waals surface area contributed by atoms with Gasteiger partial charge in [-0.05, 0) is 44.0 Å². The first kappa shape index (κ1) is 15.1. The second-order valence-corrected chi connectivity index (χ2v) is 6.49. The number of H-pyrrole nitrogens is 1. The van der Waals surface area contributed by atoms with Crippen LogP contribution in [0.2, 0.25) is 0 Å². The molecular weight excluding hydrogens is 302 g/mol. The van der Waals surface area contributed by atoms with Crippen molar-refractivity contribution < 1.29 is 0 Å². The molecule has 0 saturated carbocycles. The van der Waals surface area contributed by atoms with E-state index in [1.165, 1.54) is 6.07 Å². The summed E-state index contributed by atoms with van der Waals surface area (Å²) in [5.74, 6) is 1.57. The van der Waals surface area contributed by atoms with Gasteiger partial charge in [0.15, 0.2) is 0 Å². The number of piperidine rings is 1. The summed E-state index contributed by atoms with van der Waals surface area (Å²) < 4.78 is 1.72. The molecule has 0 aliphatic carbocycles. The van der Waals surface area contributed by atoms with E-state index in [1.807, 2.05) is 18.2 Å². The minimum Gasteiger partial charge on any atom is -0.341 e. The molecule has 3 aromatic rings. The van der Waals surface area contributed by atoms with Crippen LogP contribution in [0.15, 0.2) is 47.7 Å². The van der Waals surface area contributed by atoms with Gasteiger partial charge in [-0.1, -0.05) is 12.1 Å². The van der Waals surface area contributed by atoms with E-state index in [1.54, 1.807) is 17.1 Å². The normalized spacial score (nSPS) is 16.7. The Bertz CT molecular complexity index is 843. The molecule has 0 atom stereocenters. The molecule has 1 aliphatic heterocycles. The fourth-order valence-electron chi connectivity index (χ4n) is 3.41. The minimum absolute atomic E-state index is 0.0368. The van der Waals surface area contributed by atoms with Gasteiger partial charge in [-0.3, -0.25) is 14.3 Å². The van der Waals surface area contributed by atoms with Gasteiger partial charge < -0.3 is 4.98 Å². The lowest BCUT2D eigenvalue weighted by molar-refractivity contribution is 0.163. The van der Waals surface area contributed by atoms with Gasteiger partial charge in [-0.2, -0.15) is 0 Å². The number of hydrogen-bond donors (Lipinski definition) is 1. The third kappa shape index (κ3) is 3.23. The molecule has 6 nitrogen and oxygen atoms in total. The number of fused-ring (bicyclic) bond motifs is 1. The van der Waals surface area contributed by atoms with Gasteiger partial charge in [0.25, 0.3) is 5.56 Å². The Balaban J connectivity index is 1.34. The van der Waals surface area contributed by atoms with Crippen molar-refractivity contribution in [1.82, 2.24) is 24.4 Å². The third-order valence-electron chi connectivity index (χ3n) is 4.77. The molecular formula is C18H21N5O. The molecule has 1 fully saturated rings. The van der Waals surface area contributed by atoms with E-state index in [0.29, 0.717) is 5.92 Å². The molecule has 4 rings (SSSR count). The van der Waals surface area contributed by atoms with E-state index in [9.17, 15) is 4.79 Å². The summed E-state index contributed by atoms with van der Waals surface area (Å²) in [5.41, 5.74) is 2.16. The van der Waals surface area contributed by atoms with Crippen LogP contribution in [0.1, 0.15) is 18.7 Å². The number of rotatable bonds is 4. The van der Waals surface area contributed by atoms with Crippen LogP contribution in [-0.2, 0) is 13.1 Å². The molecule has 6 heteroatoms. The predicted octanol–water partition coefficient (Wildman–Crippen LogP) is 2.03. The van der Waals surface area contributed by atoms with Crippen LogP contribution in [0, 0.1) is 5.92 Å². The van der Waals surface area contributed by atoms with Crippen LogP contribution in [0.3, 0.4) is 0 Å². The van der Waals surface area contributed by atoms with E-state index in [-0.39, 0.29) is 5.56 Å². The number of benzene rings is 1. The fourth-order valence-corrected chi connectivity index (χ4v) is 3.41. The van der Waals surface area contributed by atoms with Crippen LogP contribution >= 0.6 is 0 Å². The van der Waals surface area contributed by atoms with E-state index in [4.69, 9.17) is 0 Å². The lowest BCUT2D eigenvalue weighted by atomic mass is 9.96. The summed E-state index contributed by atoms with van der Waals surface area (Å²) in [6.07, 6.45) is 5.39. The Morgan fingerprint density at radius 3 is 2.79 bits per heavy atom. The third-order valence-corrected chi connectivity index (χ3v) is 4.77. The smallest absolute Gasteiger partial charge is 0.253 e. The average Bonchev–Trinajstić information content (AvgIpc) is 3.01. The summed E-state index contributed by atoms with van der Waals surface area (Å²) >= 11 is 0. The predicted molar refractivity (Wildman–Crippen MR) is 92.6 cm³/mol. The SMILES string of the molecule is O=c1ccncn1CC1CCN(Cc2nc3ccccc3[nH]2)CC1. The molecule has 1 saturated heterocycles. The first-order chi connectivity index (χ1) is 11.8. The molecule has 3 heterocycles. The summed E-state index contributed by atoms with van der Waals surface area (Å²) in [4.78, 5) is 26.3. The highest BCUT2D eigenvalue weighted by molar-refractivity contribution is 5.74. The maximum atomic E-state index is 11.8. The zero-order chi connectivity index (χ0) is 16.4. The highest BCUT2D eigenvalue weighted by atomic mass is 16.1. The van der Waals surface area contributed by atoms with E-state index in [2.05, 4.69) is 25.9 Å². The molecule has 0 unspecified atom stereocenters. The molecule has 24 heavy (non-hydrogen) atoms. The summed E-state index contributed by atoms with van der Waals surface area (Å²) in [6, 6.07) is 9.66. The summed E-state index contributed by atoms with van der Waals surface area (Å²) in [5, 5.41) is 0. The maximum Gasteiger partial charge on any atom is 0.253 e. The largest absolute Gasteiger partial charge is 0.341 e. The van der Waals surface area contributed by atoms with Crippen LogP contribution in [0.4, 0.5) is 0 Å². The van der Waals surface area contributed by atoms with E-state index < -0.39 is 0 Å². The van der Waals surface area contributed by atoms with Crippen molar-refractivity contribution in [3.05, 3.63) is 59.0 Å². The van der Waals surface area contributed by atoms with Crippen LogP contribution < -0.4 is 5.56 Å². The molecule has 0 radical (unpaired) electrons. The standard InChI is InChI=1S/C18H21N5O/c24-18-5-8-19-13-23(18)11-14-6-9-22(10-7-14)12-17-20-15-3-1-2-4-16(15)21-17/h1-5,8,13-14H,6-7,9-12H2,(H,20,21). The van der Waals surface area contributed by atoms with Crippen molar-refractivity contribution in [2.24, 2.45) is 5.92 Å². The number of hydrogen-bond acceptors (Lipinski definition) is 4.